The van der Waals surface area contributed by atoms with E-state index in [9.17, 15) is 0 Å². The Morgan fingerprint density at radius 1 is 1.19 bits per heavy atom. The minimum absolute atomic E-state index is 0.247. The molecule has 0 bridgehead atoms. The minimum atomic E-state index is 0.247. The number of hydrogen-bond acceptors (Lipinski definition) is 2. The highest BCUT2D eigenvalue weighted by molar-refractivity contribution is 5.04. The Hall–Kier alpha value is -0.830. The van der Waals surface area contributed by atoms with Gasteiger partial charge in [0.05, 0.1) is 11.7 Å². The average Bonchev–Trinajstić information content (AvgIpc) is 2.86. The van der Waals surface area contributed by atoms with E-state index in [1.54, 1.807) is 0 Å². The Labute approximate surface area is 131 Å². The molecule has 0 aliphatic rings. The molecule has 0 saturated heterocycles. The molecule has 0 aliphatic heterocycles. The lowest BCUT2D eigenvalue weighted by Gasteiger charge is -2.34. The maximum atomic E-state index is 4.84. The van der Waals surface area contributed by atoms with Crippen LogP contribution in [-0.2, 0) is 6.42 Å². The van der Waals surface area contributed by atoms with Crippen molar-refractivity contribution in [1.29, 1.82) is 0 Å². The van der Waals surface area contributed by atoms with Crippen LogP contribution in [0.4, 0.5) is 0 Å². The van der Waals surface area contributed by atoms with E-state index in [0.29, 0.717) is 18.0 Å². The summed E-state index contributed by atoms with van der Waals surface area (Å²) < 4.78 is 2.16. The van der Waals surface area contributed by atoms with Crippen LogP contribution in [0.25, 0.3) is 0 Å². The zero-order chi connectivity index (χ0) is 16.0. The monoisotopic (exact) mass is 293 g/mol. The molecule has 0 aromatic carbocycles. The molecule has 1 aromatic rings. The number of nitrogens with zero attached hydrogens (tertiary/aromatic N) is 2. The van der Waals surface area contributed by atoms with E-state index in [0.717, 1.165) is 25.8 Å². The zero-order valence-electron chi connectivity index (χ0n) is 15.1. The van der Waals surface area contributed by atoms with Gasteiger partial charge in [0, 0.05) is 18.8 Å². The van der Waals surface area contributed by atoms with Crippen LogP contribution in [0.15, 0.2) is 12.3 Å². The van der Waals surface area contributed by atoms with Crippen molar-refractivity contribution in [1.82, 2.24) is 15.1 Å². The Morgan fingerprint density at radius 2 is 1.81 bits per heavy atom. The van der Waals surface area contributed by atoms with E-state index < -0.39 is 0 Å². The van der Waals surface area contributed by atoms with E-state index in [1.807, 2.05) is 0 Å². The highest BCUT2D eigenvalue weighted by atomic mass is 15.3. The summed E-state index contributed by atoms with van der Waals surface area (Å²) in [5.74, 6) is 0.627. The molecule has 1 aromatic heterocycles. The molecule has 0 saturated carbocycles. The highest BCUT2D eigenvalue weighted by Crippen LogP contribution is 2.30. The fraction of sp³-hybridized carbons (Fsp3) is 0.833. The molecule has 3 nitrogen and oxygen atoms in total. The van der Waals surface area contributed by atoms with Gasteiger partial charge in [-0.3, -0.25) is 4.68 Å². The molecule has 1 atom stereocenters. The van der Waals surface area contributed by atoms with Crippen LogP contribution in [0.1, 0.15) is 73.0 Å². The predicted molar refractivity (Wildman–Crippen MR) is 91.6 cm³/mol. The summed E-state index contributed by atoms with van der Waals surface area (Å²) >= 11 is 0. The van der Waals surface area contributed by atoms with E-state index in [1.165, 1.54) is 5.69 Å². The van der Waals surface area contributed by atoms with Gasteiger partial charge < -0.3 is 5.32 Å². The van der Waals surface area contributed by atoms with Crippen LogP contribution in [-0.4, -0.2) is 22.4 Å². The fourth-order valence-electron chi connectivity index (χ4n) is 2.66. The van der Waals surface area contributed by atoms with Gasteiger partial charge in [-0.05, 0) is 36.7 Å². The maximum Gasteiger partial charge on any atom is 0.0630 e. The van der Waals surface area contributed by atoms with Crippen molar-refractivity contribution in [3.8, 4) is 0 Å². The minimum Gasteiger partial charge on any atom is -0.314 e. The lowest BCUT2D eigenvalue weighted by atomic mass is 9.75. The first kappa shape index (κ1) is 18.2. The number of nitrogens with one attached hydrogen (secondary N) is 1. The van der Waals surface area contributed by atoms with Crippen LogP contribution in [0.3, 0.4) is 0 Å². The summed E-state index contributed by atoms with van der Waals surface area (Å²) in [5.41, 5.74) is 1.47. The van der Waals surface area contributed by atoms with Gasteiger partial charge in [-0.15, -0.1) is 0 Å². The maximum absolute atomic E-state index is 4.84. The van der Waals surface area contributed by atoms with Gasteiger partial charge in [-0.25, -0.2) is 0 Å². The third-order valence-corrected chi connectivity index (χ3v) is 4.87. The van der Waals surface area contributed by atoms with Crippen molar-refractivity contribution >= 4 is 0 Å². The first-order valence-corrected chi connectivity index (χ1v) is 8.59. The van der Waals surface area contributed by atoms with Crippen LogP contribution < -0.4 is 5.32 Å². The van der Waals surface area contributed by atoms with E-state index in [4.69, 9.17) is 5.10 Å². The molecule has 0 fully saturated rings. The lowest BCUT2D eigenvalue weighted by molar-refractivity contribution is 0.199. The van der Waals surface area contributed by atoms with Crippen LogP contribution in [0, 0.1) is 11.3 Å². The standard InChI is InChI=1S/C18H35N3/c1-8-17(9-2)21-11-10-16(20-21)12-18(7,14(3)4)13-19-15(5)6/h10-11,14-15,17,19H,8-9,12-13H2,1-7H3. The SMILES string of the molecule is CCC(CC)n1ccc(CC(C)(CNC(C)C)C(C)C)n1. The topological polar surface area (TPSA) is 29.9 Å². The Bertz CT molecular complexity index is 404. The molecular formula is C18H35N3. The van der Waals surface area contributed by atoms with Gasteiger partial charge in [0.15, 0.2) is 0 Å². The smallest absolute Gasteiger partial charge is 0.0630 e. The summed E-state index contributed by atoms with van der Waals surface area (Å²) in [6, 6.07) is 3.27. The first-order chi connectivity index (χ1) is 9.82. The number of hydrogen-bond donors (Lipinski definition) is 1. The second-order valence-corrected chi connectivity index (χ2v) is 7.28. The largest absolute Gasteiger partial charge is 0.314 e. The molecule has 1 unspecified atom stereocenters. The summed E-state index contributed by atoms with van der Waals surface area (Å²) in [7, 11) is 0. The highest BCUT2D eigenvalue weighted by Gasteiger charge is 2.29. The van der Waals surface area contributed by atoms with Gasteiger partial charge >= 0.3 is 0 Å². The van der Waals surface area contributed by atoms with Crippen molar-refractivity contribution in [2.24, 2.45) is 11.3 Å². The Kier molecular flexibility index (Phi) is 6.92. The van der Waals surface area contributed by atoms with Crippen LogP contribution >= 0.6 is 0 Å². The van der Waals surface area contributed by atoms with Gasteiger partial charge in [0.1, 0.15) is 0 Å². The predicted octanol–water partition coefficient (Wildman–Crippen LogP) is 4.45. The Balaban J connectivity index is 2.80. The van der Waals surface area contributed by atoms with E-state index in [2.05, 4.69) is 70.7 Å². The number of aromatic nitrogens is 2. The molecule has 3 heteroatoms. The molecule has 0 radical (unpaired) electrons. The molecule has 0 amide bonds. The normalized spacial score (nSPS) is 15.1. The molecule has 122 valence electrons. The third kappa shape index (κ3) is 5.14. The summed E-state index contributed by atoms with van der Waals surface area (Å²) in [6.07, 6.45) is 5.49. The molecule has 1 N–H and O–H groups in total. The van der Waals surface area contributed by atoms with Crippen LogP contribution in [0.2, 0.25) is 0 Å². The molecule has 1 rings (SSSR count). The third-order valence-electron chi connectivity index (χ3n) is 4.87. The van der Waals surface area contributed by atoms with Gasteiger partial charge in [0.25, 0.3) is 0 Å². The lowest BCUT2D eigenvalue weighted by Crippen LogP contribution is -2.40. The average molecular weight is 293 g/mol. The fourth-order valence-corrected chi connectivity index (χ4v) is 2.66. The van der Waals surface area contributed by atoms with Crippen molar-refractivity contribution in [3.05, 3.63) is 18.0 Å². The van der Waals surface area contributed by atoms with Crippen molar-refractivity contribution in [2.45, 2.75) is 79.8 Å². The second kappa shape index (κ2) is 7.98. The molecule has 21 heavy (non-hydrogen) atoms. The summed E-state index contributed by atoms with van der Waals surface area (Å²) in [6.45, 7) is 17.0. The summed E-state index contributed by atoms with van der Waals surface area (Å²) in [5, 5.41) is 8.44. The van der Waals surface area contributed by atoms with Crippen molar-refractivity contribution < 1.29 is 0 Å². The van der Waals surface area contributed by atoms with E-state index >= 15 is 0 Å². The first-order valence-electron chi connectivity index (χ1n) is 8.59. The van der Waals surface area contributed by atoms with Crippen molar-refractivity contribution in [2.75, 3.05) is 6.54 Å². The molecule has 0 spiro atoms. The molecule has 0 aliphatic carbocycles. The van der Waals surface area contributed by atoms with Gasteiger partial charge in [-0.1, -0.05) is 48.5 Å². The van der Waals surface area contributed by atoms with E-state index in [-0.39, 0.29) is 5.41 Å². The second-order valence-electron chi connectivity index (χ2n) is 7.28. The summed E-state index contributed by atoms with van der Waals surface area (Å²) in [4.78, 5) is 0. The van der Waals surface area contributed by atoms with Crippen molar-refractivity contribution in [3.63, 3.8) is 0 Å². The van der Waals surface area contributed by atoms with Gasteiger partial charge in [-0.2, -0.15) is 5.10 Å². The zero-order valence-corrected chi connectivity index (χ0v) is 15.1. The number of rotatable bonds is 9. The van der Waals surface area contributed by atoms with Crippen LogP contribution in [0.5, 0.6) is 0 Å². The van der Waals surface area contributed by atoms with Gasteiger partial charge in [0.2, 0.25) is 0 Å². The molecular weight excluding hydrogens is 258 g/mol. The molecule has 1 heterocycles. The Morgan fingerprint density at radius 3 is 2.29 bits per heavy atom. The quantitative estimate of drug-likeness (QED) is 0.729.